The molecule has 9 rings (SSSR count). The topological polar surface area (TPSA) is 6.48 Å². The van der Waals surface area contributed by atoms with E-state index in [1.165, 1.54) is 61.6 Å². The van der Waals surface area contributed by atoms with E-state index in [0.717, 1.165) is 49.2 Å². The van der Waals surface area contributed by atoms with Crippen LogP contribution < -0.4 is 9.80 Å². The lowest BCUT2D eigenvalue weighted by molar-refractivity contribution is 0.887. The standard InChI is InChI=1S/C55H46N2/c1-5-17-42(18-6-1)44-29-35-51(36-30-44)56(49-23-9-3-10-24-49)52-37-33-46(34-38-52)47-21-13-14-22-48(41-47)54-27-15-16-28-55(54)57(50-25-11-4-12-26-50)53-39-31-45(32-40-53)43-19-7-2-8-20-43/h1-12,15-20,22-31,33-39,41H,13-14,21,32,40H2. The number of nitrogens with zero attached hydrogens (tertiary/aromatic N) is 2. The third-order valence-electron chi connectivity index (χ3n) is 11.1. The maximum absolute atomic E-state index is 2.48. The highest BCUT2D eigenvalue weighted by molar-refractivity contribution is 5.92. The number of hydrogen-bond acceptors (Lipinski definition) is 2. The molecular formula is C55H46N2. The summed E-state index contributed by atoms with van der Waals surface area (Å²) in [5.74, 6) is 0. The summed E-state index contributed by atoms with van der Waals surface area (Å²) in [5, 5.41) is 0. The molecule has 2 aliphatic carbocycles. The van der Waals surface area contributed by atoms with Gasteiger partial charge in [0.25, 0.3) is 0 Å². The third-order valence-corrected chi connectivity index (χ3v) is 11.1. The predicted molar refractivity (Wildman–Crippen MR) is 243 cm³/mol. The maximum Gasteiger partial charge on any atom is 0.0536 e. The molecule has 0 spiro atoms. The molecule has 0 amide bonds. The first kappa shape index (κ1) is 35.8. The van der Waals surface area contributed by atoms with Gasteiger partial charge in [0, 0.05) is 34.0 Å². The lowest BCUT2D eigenvalue weighted by atomic mass is 9.93. The smallest absolute Gasteiger partial charge is 0.0536 e. The second-order valence-electron chi connectivity index (χ2n) is 14.8. The summed E-state index contributed by atoms with van der Waals surface area (Å²) < 4.78 is 0. The lowest BCUT2D eigenvalue weighted by Crippen LogP contribution is -2.19. The van der Waals surface area contributed by atoms with Gasteiger partial charge in [-0.1, -0.05) is 158 Å². The molecule has 2 heteroatoms. The first-order chi connectivity index (χ1) is 28.3. The van der Waals surface area contributed by atoms with Crippen molar-refractivity contribution in [3.8, 4) is 11.1 Å². The molecule has 7 aromatic rings. The second kappa shape index (κ2) is 16.9. The van der Waals surface area contributed by atoms with Crippen molar-refractivity contribution in [3.05, 3.63) is 241 Å². The van der Waals surface area contributed by atoms with Gasteiger partial charge in [-0.2, -0.15) is 0 Å². The van der Waals surface area contributed by atoms with Crippen molar-refractivity contribution in [1.29, 1.82) is 0 Å². The molecule has 0 aromatic heterocycles. The van der Waals surface area contributed by atoms with E-state index in [1.54, 1.807) is 0 Å². The van der Waals surface area contributed by atoms with Crippen LogP contribution in [0.4, 0.5) is 28.4 Å². The molecule has 276 valence electrons. The highest BCUT2D eigenvalue weighted by atomic mass is 15.2. The molecule has 0 N–H and O–H groups in total. The number of allylic oxidation sites excluding steroid dienone is 8. The molecule has 0 unspecified atom stereocenters. The van der Waals surface area contributed by atoms with Crippen LogP contribution in [0, 0.1) is 0 Å². The van der Waals surface area contributed by atoms with Crippen LogP contribution >= 0.6 is 0 Å². The SMILES string of the molecule is C1=C(c2ccc(N(c3ccccc3)c3ccc(-c4ccccc4)cc3)cc2)CCCC=C1c1ccccc1N(C1=CC=C(c2ccccc2)CC1)c1ccccc1. The minimum atomic E-state index is 0.966. The number of rotatable bonds is 10. The molecule has 0 radical (unpaired) electrons. The number of hydrogen-bond donors (Lipinski definition) is 0. The molecule has 2 nitrogen and oxygen atoms in total. The summed E-state index contributed by atoms with van der Waals surface area (Å²) in [6.07, 6.45) is 14.7. The first-order valence-electron chi connectivity index (χ1n) is 20.2. The highest BCUT2D eigenvalue weighted by Gasteiger charge is 2.22. The van der Waals surface area contributed by atoms with E-state index >= 15 is 0 Å². The molecule has 7 aromatic carbocycles. The molecule has 0 aliphatic heterocycles. The lowest BCUT2D eigenvalue weighted by Gasteiger charge is -2.32. The molecule has 0 saturated heterocycles. The fraction of sp³-hybridized carbons (Fsp3) is 0.0909. The Hall–Kier alpha value is -6.90. The van der Waals surface area contributed by atoms with Crippen molar-refractivity contribution in [2.45, 2.75) is 32.1 Å². The van der Waals surface area contributed by atoms with Crippen molar-refractivity contribution in [2.75, 3.05) is 9.80 Å². The Balaban J connectivity index is 1.04. The molecule has 57 heavy (non-hydrogen) atoms. The summed E-state index contributed by atoms with van der Waals surface area (Å²) in [5.41, 5.74) is 17.4. The van der Waals surface area contributed by atoms with Crippen LogP contribution in [-0.4, -0.2) is 0 Å². The Bertz CT molecular complexity index is 2550. The van der Waals surface area contributed by atoms with Crippen LogP contribution in [0.15, 0.2) is 224 Å². The van der Waals surface area contributed by atoms with Gasteiger partial charge in [-0.05, 0) is 132 Å². The Morgan fingerprint density at radius 3 is 1.46 bits per heavy atom. The Morgan fingerprint density at radius 1 is 0.351 bits per heavy atom. The minimum absolute atomic E-state index is 0.966. The Labute approximate surface area is 337 Å². The summed E-state index contributed by atoms with van der Waals surface area (Å²) in [6, 6.07) is 69.9. The largest absolute Gasteiger partial charge is 0.314 e. The molecule has 0 bridgehead atoms. The van der Waals surface area contributed by atoms with Gasteiger partial charge in [-0.15, -0.1) is 0 Å². The van der Waals surface area contributed by atoms with Gasteiger partial charge in [-0.25, -0.2) is 0 Å². The van der Waals surface area contributed by atoms with E-state index < -0.39 is 0 Å². The van der Waals surface area contributed by atoms with E-state index in [9.17, 15) is 0 Å². The molecule has 0 heterocycles. The van der Waals surface area contributed by atoms with E-state index in [0.29, 0.717) is 0 Å². The van der Waals surface area contributed by atoms with Crippen LogP contribution in [-0.2, 0) is 0 Å². The first-order valence-corrected chi connectivity index (χ1v) is 20.2. The highest BCUT2D eigenvalue weighted by Crippen LogP contribution is 2.42. The average molecular weight is 735 g/mol. The summed E-state index contributed by atoms with van der Waals surface area (Å²) in [7, 11) is 0. The van der Waals surface area contributed by atoms with Crippen LogP contribution in [0.2, 0.25) is 0 Å². The number of anilines is 5. The maximum atomic E-state index is 2.48. The quantitative estimate of drug-likeness (QED) is 0.138. The van der Waals surface area contributed by atoms with Crippen LogP contribution in [0.5, 0.6) is 0 Å². The zero-order valence-electron chi connectivity index (χ0n) is 32.2. The molecule has 0 atom stereocenters. The molecule has 2 aliphatic rings. The minimum Gasteiger partial charge on any atom is -0.314 e. The molecule has 0 saturated carbocycles. The summed E-state index contributed by atoms with van der Waals surface area (Å²) >= 11 is 0. The van der Waals surface area contributed by atoms with Crippen molar-refractivity contribution in [3.63, 3.8) is 0 Å². The fourth-order valence-electron chi connectivity index (χ4n) is 8.22. The fourth-order valence-corrected chi connectivity index (χ4v) is 8.22. The average Bonchev–Trinajstić information content (AvgIpc) is 3.56. The second-order valence-corrected chi connectivity index (χ2v) is 14.8. The van der Waals surface area contributed by atoms with Crippen LogP contribution in [0.25, 0.3) is 27.8 Å². The van der Waals surface area contributed by atoms with Crippen LogP contribution in [0.3, 0.4) is 0 Å². The zero-order valence-corrected chi connectivity index (χ0v) is 32.2. The van der Waals surface area contributed by atoms with E-state index in [-0.39, 0.29) is 0 Å². The van der Waals surface area contributed by atoms with Crippen molar-refractivity contribution < 1.29 is 0 Å². The third kappa shape index (κ3) is 7.94. The zero-order chi connectivity index (χ0) is 38.2. The van der Waals surface area contributed by atoms with E-state index in [2.05, 4.69) is 228 Å². The van der Waals surface area contributed by atoms with Gasteiger partial charge in [0.1, 0.15) is 0 Å². The van der Waals surface area contributed by atoms with Gasteiger partial charge in [-0.3, -0.25) is 0 Å². The Morgan fingerprint density at radius 2 is 0.842 bits per heavy atom. The van der Waals surface area contributed by atoms with Crippen molar-refractivity contribution in [2.24, 2.45) is 0 Å². The van der Waals surface area contributed by atoms with E-state index in [1.807, 2.05) is 0 Å². The van der Waals surface area contributed by atoms with Crippen molar-refractivity contribution in [1.82, 2.24) is 0 Å². The molecular weight excluding hydrogens is 689 g/mol. The van der Waals surface area contributed by atoms with Crippen molar-refractivity contribution >= 4 is 45.2 Å². The number of para-hydroxylation sites is 3. The van der Waals surface area contributed by atoms with Gasteiger partial charge >= 0.3 is 0 Å². The van der Waals surface area contributed by atoms with Gasteiger partial charge in [0.05, 0.1) is 5.69 Å². The predicted octanol–water partition coefficient (Wildman–Crippen LogP) is 15.4. The Kier molecular flexibility index (Phi) is 10.6. The normalized spacial score (nSPS) is 14.0. The number of benzene rings is 7. The molecule has 0 fully saturated rings. The van der Waals surface area contributed by atoms with Gasteiger partial charge in [0.2, 0.25) is 0 Å². The summed E-state index contributed by atoms with van der Waals surface area (Å²) in [6.45, 7) is 0. The summed E-state index contributed by atoms with van der Waals surface area (Å²) in [4.78, 5) is 4.82. The van der Waals surface area contributed by atoms with Gasteiger partial charge in [0.15, 0.2) is 0 Å². The van der Waals surface area contributed by atoms with E-state index in [4.69, 9.17) is 0 Å². The van der Waals surface area contributed by atoms with Crippen LogP contribution in [0.1, 0.15) is 48.8 Å². The monoisotopic (exact) mass is 734 g/mol. The van der Waals surface area contributed by atoms with Gasteiger partial charge < -0.3 is 9.80 Å².